The molecule has 6 heteroatoms. The zero-order chi connectivity index (χ0) is 12.8. The smallest absolute Gasteiger partial charge is 0.357 e. The number of esters is 2. The molecule has 0 N–H and O–H groups in total. The number of hydrogen-bond donors (Lipinski definition) is 0. The second-order valence-corrected chi connectivity index (χ2v) is 3.91. The summed E-state index contributed by atoms with van der Waals surface area (Å²) in [7, 11) is 0. The molecule has 1 aromatic rings. The van der Waals surface area contributed by atoms with E-state index in [-0.39, 0.29) is 24.5 Å². The minimum atomic E-state index is -0.636. The minimum Gasteiger partial charge on any atom is -0.462 e. The minimum absolute atomic E-state index is 0.0338. The molecule has 0 amide bonds. The van der Waals surface area contributed by atoms with Crippen molar-refractivity contribution in [2.45, 2.75) is 13.8 Å². The third kappa shape index (κ3) is 3.52. The number of pyridine rings is 1. The van der Waals surface area contributed by atoms with Crippen LogP contribution in [-0.4, -0.2) is 30.1 Å². The Kier molecular flexibility index (Phi) is 5.09. The highest BCUT2D eigenvalue weighted by Gasteiger charge is 2.21. The second kappa shape index (κ2) is 6.34. The van der Waals surface area contributed by atoms with Gasteiger partial charge in [-0.2, -0.15) is 0 Å². The number of ether oxygens (including phenoxy) is 2. The number of nitrogens with zero attached hydrogens (tertiary/aromatic N) is 1. The third-order valence-electron chi connectivity index (χ3n) is 1.82. The molecular formula is C11H12BrNO4. The SMILES string of the molecule is CCOC(=O)c1cc(Br)cnc1C(=O)OCC. The van der Waals surface area contributed by atoms with Crippen LogP contribution in [0.2, 0.25) is 0 Å². The van der Waals surface area contributed by atoms with Gasteiger partial charge in [0.1, 0.15) is 0 Å². The second-order valence-electron chi connectivity index (χ2n) is 2.99. The topological polar surface area (TPSA) is 65.5 Å². The van der Waals surface area contributed by atoms with E-state index in [1.807, 2.05) is 0 Å². The average Bonchev–Trinajstić information content (AvgIpc) is 2.29. The molecule has 0 aliphatic rings. The normalized spacial score (nSPS) is 9.82. The third-order valence-corrected chi connectivity index (χ3v) is 2.25. The Bertz CT molecular complexity index is 433. The Labute approximate surface area is 107 Å². The van der Waals surface area contributed by atoms with Crippen molar-refractivity contribution in [1.82, 2.24) is 4.98 Å². The van der Waals surface area contributed by atoms with E-state index in [9.17, 15) is 9.59 Å². The number of halogens is 1. The van der Waals surface area contributed by atoms with E-state index >= 15 is 0 Å². The molecule has 0 spiro atoms. The molecule has 1 aromatic heterocycles. The molecule has 92 valence electrons. The van der Waals surface area contributed by atoms with Gasteiger partial charge in [0, 0.05) is 10.7 Å². The Morgan fingerprint density at radius 3 is 2.41 bits per heavy atom. The standard InChI is InChI=1S/C11H12BrNO4/c1-3-16-10(14)8-5-7(12)6-13-9(8)11(15)17-4-2/h5-6H,3-4H2,1-2H3. The summed E-state index contributed by atoms with van der Waals surface area (Å²) in [4.78, 5) is 27.1. The quantitative estimate of drug-likeness (QED) is 0.798. The number of carbonyl (C=O) groups excluding carboxylic acids is 2. The highest BCUT2D eigenvalue weighted by atomic mass is 79.9. The molecule has 0 unspecified atom stereocenters. The molecule has 0 atom stereocenters. The first-order valence-corrected chi connectivity index (χ1v) is 5.89. The predicted molar refractivity (Wildman–Crippen MR) is 63.9 cm³/mol. The van der Waals surface area contributed by atoms with Crippen LogP contribution in [0.4, 0.5) is 0 Å². The van der Waals surface area contributed by atoms with Gasteiger partial charge in [-0.3, -0.25) is 0 Å². The van der Waals surface area contributed by atoms with Gasteiger partial charge >= 0.3 is 11.9 Å². The molecule has 5 nitrogen and oxygen atoms in total. The summed E-state index contributed by atoms with van der Waals surface area (Å²) in [6, 6.07) is 1.48. The molecule has 0 radical (unpaired) electrons. The van der Waals surface area contributed by atoms with Crippen molar-refractivity contribution in [3.63, 3.8) is 0 Å². The van der Waals surface area contributed by atoms with E-state index < -0.39 is 11.9 Å². The average molecular weight is 302 g/mol. The van der Waals surface area contributed by atoms with Crippen LogP contribution in [0, 0.1) is 0 Å². The Morgan fingerprint density at radius 2 is 1.82 bits per heavy atom. The molecule has 0 fully saturated rings. The molecule has 0 saturated heterocycles. The van der Waals surface area contributed by atoms with Crippen molar-refractivity contribution in [1.29, 1.82) is 0 Å². The van der Waals surface area contributed by atoms with Gasteiger partial charge in [0.2, 0.25) is 0 Å². The van der Waals surface area contributed by atoms with Crippen molar-refractivity contribution < 1.29 is 19.1 Å². The number of rotatable bonds is 4. The summed E-state index contributed by atoms with van der Waals surface area (Å²) in [6.45, 7) is 3.82. The first-order valence-electron chi connectivity index (χ1n) is 5.09. The van der Waals surface area contributed by atoms with E-state index in [0.29, 0.717) is 4.47 Å². The fourth-order valence-corrected chi connectivity index (χ4v) is 1.50. The van der Waals surface area contributed by atoms with Gasteiger partial charge in [0.15, 0.2) is 5.69 Å². The van der Waals surface area contributed by atoms with E-state index in [4.69, 9.17) is 9.47 Å². The van der Waals surface area contributed by atoms with Crippen molar-refractivity contribution in [2.24, 2.45) is 0 Å². The van der Waals surface area contributed by atoms with Crippen LogP contribution in [0.25, 0.3) is 0 Å². The largest absolute Gasteiger partial charge is 0.462 e. The molecule has 0 bridgehead atoms. The van der Waals surface area contributed by atoms with Crippen molar-refractivity contribution in [2.75, 3.05) is 13.2 Å². The highest BCUT2D eigenvalue weighted by molar-refractivity contribution is 9.10. The first-order chi connectivity index (χ1) is 8.10. The Morgan fingerprint density at radius 1 is 1.24 bits per heavy atom. The van der Waals surface area contributed by atoms with Gasteiger partial charge < -0.3 is 9.47 Å². The predicted octanol–water partition coefficient (Wildman–Crippen LogP) is 2.20. The maximum Gasteiger partial charge on any atom is 0.357 e. The maximum absolute atomic E-state index is 11.6. The molecule has 0 aliphatic carbocycles. The lowest BCUT2D eigenvalue weighted by Gasteiger charge is -2.07. The lowest BCUT2D eigenvalue weighted by molar-refractivity contribution is 0.0473. The van der Waals surface area contributed by atoms with Crippen LogP contribution in [0.15, 0.2) is 16.7 Å². The Balaban J connectivity index is 3.11. The number of carbonyl (C=O) groups is 2. The van der Waals surface area contributed by atoms with Gasteiger partial charge in [-0.25, -0.2) is 14.6 Å². The molecule has 0 saturated carbocycles. The van der Waals surface area contributed by atoms with Crippen LogP contribution in [0.3, 0.4) is 0 Å². The Hall–Kier alpha value is -1.43. The van der Waals surface area contributed by atoms with Crippen LogP contribution in [-0.2, 0) is 9.47 Å². The monoisotopic (exact) mass is 301 g/mol. The summed E-state index contributed by atoms with van der Waals surface area (Å²) < 4.78 is 10.2. The highest BCUT2D eigenvalue weighted by Crippen LogP contribution is 2.16. The molecule has 0 aliphatic heterocycles. The lowest BCUT2D eigenvalue weighted by Crippen LogP contribution is -2.15. The summed E-state index contributed by atoms with van der Waals surface area (Å²) in [6.07, 6.45) is 1.43. The molecule has 17 heavy (non-hydrogen) atoms. The number of aromatic nitrogens is 1. The summed E-state index contributed by atoms with van der Waals surface area (Å²) in [5.74, 6) is -1.23. The maximum atomic E-state index is 11.6. The van der Waals surface area contributed by atoms with Crippen LogP contribution >= 0.6 is 15.9 Å². The molecule has 1 rings (SSSR count). The molecular weight excluding hydrogens is 290 g/mol. The van der Waals surface area contributed by atoms with E-state index in [1.54, 1.807) is 13.8 Å². The van der Waals surface area contributed by atoms with Gasteiger partial charge in [-0.15, -0.1) is 0 Å². The van der Waals surface area contributed by atoms with E-state index in [0.717, 1.165) is 0 Å². The molecule has 1 heterocycles. The summed E-state index contributed by atoms with van der Waals surface area (Å²) in [5, 5.41) is 0. The van der Waals surface area contributed by atoms with Crippen molar-refractivity contribution in [3.05, 3.63) is 28.0 Å². The van der Waals surface area contributed by atoms with Gasteiger partial charge in [-0.05, 0) is 35.8 Å². The van der Waals surface area contributed by atoms with Crippen LogP contribution in [0.1, 0.15) is 34.7 Å². The van der Waals surface area contributed by atoms with E-state index in [1.165, 1.54) is 12.3 Å². The van der Waals surface area contributed by atoms with Gasteiger partial charge in [0.05, 0.1) is 18.8 Å². The zero-order valence-electron chi connectivity index (χ0n) is 9.53. The van der Waals surface area contributed by atoms with Gasteiger partial charge in [0.25, 0.3) is 0 Å². The van der Waals surface area contributed by atoms with E-state index in [2.05, 4.69) is 20.9 Å². The first kappa shape index (κ1) is 13.6. The summed E-state index contributed by atoms with van der Waals surface area (Å²) in [5.41, 5.74) is 0.0631. The van der Waals surface area contributed by atoms with Crippen molar-refractivity contribution in [3.8, 4) is 0 Å². The van der Waals surface area contributed by atoms with Crippen LogP contribution in [0.5, 0.6) is 0 Å². The fourth-order valence-electron chi connectivity index (χ4n) is 1.17. The zero-order valence-corrected chi connectivity index (χ0v) is 11.1. The summed E-state index contributed by atoms with van der Waals surface area (Å²) >= 11 is 3.18. The van der Waals surface area contributed by atoms with Gasteiger partial charge in [-0.1, -0.05) is 0 Å². The lowest BCUT2D eigenvalue weighted by atomic mass is 10.2. The fraction of sp³-hybridized carbons (Fsp3) is 0.364. The van der Waals surface area contributed by atoms with Crippen molar-refractivity contribution >= 4 is 27.9 Å². The number of hydrogen-bond acceptors (Lipinski definition) is 5. The van der Waals surface area contributed by atoms with Crippen LogP contribution < -0.4 is 0 Å². The molecule has 0 aromatic carbocycles.